The number of hydrogen-bond acceptors (Lipinski definition) is 6. The number of thiophene rings is 1. The molecule has 0 bridgehead atoms. The molecule has 0 fully saturated rings. The van der Waals surface area contributed by atoms with Crippen molar-refractivity contribution in [2.75, 3.05) is 12.4 Å². The number of esters is 1. The van der Waals surface area contributed by atoms with Gasteiger partial charge in [0, 0.05) is 18.5 Å². The van der Waals surface area contributed by atoms with Crippen LogP contribution in [0.5, 0.6) is 0 Å². The molecule has 9 heteroatoms. The van der Waals surface area contributed by atoms with Gasteiger partial charge in [-0.15, -0.1) is 11.3 Å². The Morgan fingerprint density at radius 1 is 1.27 bits per heavy atom. The number of anilines is 1. The molecule has 1 aromatic heterocycles. The number of rotatable bonds is 7. The summed E-state index contributed by atoms with van der Waals surface area (Å²) in [5.41, 5.74) is 0. The monoisotopic (exact) mass is 400 g/mol. The number of halogens is 1. The van der Waals surface area contributed by atoms with Gasteiger partial charge in [0.1, 0.15) is 0 Å². The predicted molar refractivity (Wildman–Crippen MR) is 99.2 cm³/mol. The van der Waals surface area contributed by atoms with Crippen molar-refractivity contribution in [2.24, 2.45) is 5.92 Å². The van der Waals surface area contributed by atoms with Gasteiger partial charge in [-0.2, -0.15) is 0 Å². The van der Waals surface area contributed by atoms with Crippen molar-refractivity contribution in [3.63, 3.8) is 0 Å². The number of ether oxygens (including phenoxy) is 2. The summed E-state index contributed by atoms with van der Waals surface area (Å²) in [6, 6.07) is 1.22. The zero-order chi connectivity index (χ0) is 19.3. The van der Waals surface area contributed by atoms with E-state index >= 15 is 0 Å². The van der Waals surface area contributed by atoms with Crippen molar-refractivity contribution >= 4 is 45.7 Å². The Hall–Kier alpha value is -1.90. The third-order valence-electron chi connectivity index (χ3n) is 3.59. The van der Waals surface area contributed by atoms with E-state index in [1.807, 2.05) is 0 Å². The summed E-state index contributed by atoms with van der Waals surface area (Å²) >= 11 is 7.05. The second-order valence-corrected chi connectivity index (χ2v) is 7.41. The number of amides is 2. The van der Waals surface area contributed by atoms with E-state index in [9.17, 15) is 14.4 Å². The normalized spacial score (nSPS) is 20.0. The van der Waals surface area contributed by atoms with Gasteiger partial charge < -0.3 is 20.1 Å². The van der Waals surface area contributed by atoms with Gasteiger partial charge in [0.25, 0.3) is 11.8 Å². The molecule has 2 amide bonds. The molecule has 26 heavy (non-hydrogen) atoms. The molecule has 3 atom stereocenters. The highest BCUT2D eigenvalue weighted by molar-refractivity contribution is 7.14. The Bertz CT molecular complexity index is 703. The number of nitrogens with one attached hydrogen (secondary N) is 2. The fraction of sp³-hybridized carbons (Fsp3) is 0.471. The maximum atomic E-state index is 12.4. The fourth-order valence-electron chi connectivity index (χ4n) is 2.46. The highest BCUT2D eigenvalue weighted by Crippen LogP contribution is 2.24. The average Bonchev–Trinajstić information content (AvgIpc) is 3.16. The van der Waals surface area contributed by atoms with Crippen LogP contribution in [-0.4, -0.2) is 43.1 Å². The number of hydrogen-bond donors (Lipinski definition) is 2. The van der Waals surface area contributed by atoms with Crippen molar-refractivity contribution in [1.29, 1.82) is 0 Å². The first kappa shape index (κ1) is 20.4. The minimum atomic E-state index is -1.31. The van der Waals surface area contributed by atoms with Crippen LogP contribution in [0.3, 0.4) is 0 Å². The number of methoxy groups -OCH3 is 1. The predicted octanol–water partition coefficient (Wildman–Crippen LogP) is 2.37. The first-order valence-corrected chi connectivity index (χ1v) is 9.32. The van der Waals surface area contributed by atoms with E-state index < -0.39 is 23.8 Å². The highest BCUT2D eigenvalue weighted by Gasteiger charge is 2.32. The van der Waals surface area contributed by atoms with Crippen LogP contribution in [0.25, 0.3) is 0 Å². The fourth-order valence-corrected chi connectivity index (χ4v) is 3.43. The standard InChI is InChI=1S/C17H21ClN2O5S/c1-9(2)25-17(23)10-4-5-12(6-10)19-15(21)14(24-3)16(22)20-13-7-11(18)8-26-13/h4-5,7-10,12,14H,6H2,1-3H3,(H,19,21)(H,20,22)/t10-,12+,14?/m1/s1. The molecule has 2 N–H and O–H groups in total. The topological polar surface area (TPSA) is 93.7 Å². The minimum Gasteiger partial charge on any atom is -0.463 e. The SMILES string of the molecule is COC(C(=O)Nc1cc(Cl)cs1)C(=O)N[C@H]1C=C[C@@H](C(=O)OC(C)C)C1. The molecular formula is C17H21ClN2O5S. The lowest BCUT2D eigenvalue weighted by molar-refractivity contribution is -0.151. The molecule has 0 saturated carbocycles. The van der Waals surface area contributed by atoms with Gasteiger partial charge in [-0.1, -0.05) is 23.8 Å². The summed E-state index contributed by atoms with van der Waals surface area (Å²) in [6.07, 6.45) is 2.29. The molecule has 0 aromatic carbocycles. The van der Waals surface area contributed by atoms with Crippen molar-refractivity contribution in [3.8, 4) is 0 Å². The Morgan fingerprint density at radius 3 is 2.58 bits per heavy atom. The summed E-state index contributed by atoms with van der Waals surface area (Å²) < 4.78 is 10.2. The Kier molecular flexibility index (Phi) is 7.19. The quantitative estimate of drug-likeness (QED) is 0.416. The first-order valence-electron chi connectivity index (χ1n) is 8.07. The summed E-state index contributed by atoms with van der Waals surface area (Å²) in [4.78, 5) is 36.5. The first-order chi connectivity index (χ1) is 12.3. The van der Waals surface area contributed by atoms with Crippen LogP contribution in [0, 0.1) is 5.92 Å². The molecule has 1 unspecified atom stereocenters. The summed E-state index contributed by atoms with van der Waals surface area (Å²) in [5, 5.41) is 7.97. The largest absolute Gasteiger partial charge is 0.463 e. The Morgan fingerprint density at radius 2 is 2.00 bits per heavy atom. The van der Waals surface area contributed by atoms with Crippen molar-refractivity contribution in [2.45, 2.75) is 38.5 Å². The molecule has 1 heterocycles. The Labute approximate surface area is 160 Å². The van der Waals surface area contributed by atoms with Crippen LogP contribution in [-0.2, 0) is 23.9 Å². The molecule has 1 aliphatic carbocycles. The van der Waals surface area contributed by atoms with Gasteiger partial charge in [-0.3, -0.25) is 14.4 Å². The molecule has 0 radical (unpaired) electrons. The molecule has 0 aliphatic heterocycles. The van der Waals surface area contributed by atoms with E-state index in [1.54, 1.807) is 37.4 Å². The number of carbonyl (C=O) groups is 3. The van der Waals surface area contributed by atoms with Gasteiger partial charge in [0.15, 0.2) is 0 Å². The van der Waals surface area contributed by atoms with Crippen molar-refractivity contribution in [1.82, 2.24) is 5.32 Å². The van der Waals surface area contributed by atoms with E-state index in [1.165, 1.54) is 18.4 Å². The van der Waals surface area contributed by atoms with E-state index in [2.05, 4.69) is 10.6 Å². The van der Waals surface area contributed by atoms with Crippen LogP contribution in [0.15, 0.2) is 23.6 Å². The molecule has 2 rings (SSSR count). The summed E-state index contributed by atoms with van der Waals surface area (Å²) in [5.74, 6) is -1.92. The second-order valence-electron chi connectivity index (χ2n) is 6.06. The van der Waals surface area contributed by atoms with Gasteiger partial charge in [0.05, 0.1) is 22.0 Å². The lowest BCUT2D eigenvalue weighted by Gasteiger charge is -2.18. The van der Waals surface area contributed by atoms with Crippen molar-refractivity contribution in [3.05, 3.63) is 28.6 Å². The van der Waals surface area contributed by atoms with E-state index in [4.69, 9.17) is 21.1 Å². The highest BCUT2D eigenvalue weighted by atomic mass is 35.5. The molecule has 0 spiro atoms. The van der Waals surface area contributed by atoms with Gasteiger partial charge in [-0.05, 0) is 26.3 Å². The molecule has 1 aliphatic rings. The minimum absolute atomic E-state index is 0.197. The van der Waals surface area contributed by atoms with E-state index in [0.29, 0.717) is 16.4 Å². The second kappa shape index (κ2) is 9.16. The maximum Gasteiger partial charge on any atom is 0.313 e. The van der Waals surface area contributed by atoms with Gasteiger partial charge in [-0.25, -0.2) is 0 Å². The Balaban J connectivity index is 1.88. The summed E-state index contributed by atoms with van der Waals surface area (Å²) in [7, 11) is 1.28. The molecule has 0 saturated heterocycles. The van der Waals surface area contributed by atoms with E-state index in [-0.39, 0.29) is 18.1 Å². The molecule has 142 valence electrons. The van der Waals surface area contributed by atoms with E-state index in [0.717, 1.165) is 0 Å². The van der Waals surface area contributed by atoms with Crippen LogP contribution < -0.4 is 10.6 Å². The van der Waals surface area contributed by atoms with Crippen molar-refractivity contribution < 1.29 is 23.9 Å². The summed E-state index contributed by atoms with van der Waals surface area (Å²) in [6.45, 7) is 3.55. The smallest absolute Gasteiger partial charge is 0.313 e. The lowest BCUT2D eigenvalue weighted by Crippen LogP contribution is -2.47. The van der Waals surface area contributed by atoms with Gasteiger partial charge in [0.2, 0.25) is 6.10 Å². The zero-order valence-corrected chi connectivity index (χ0v) is 16.2. The average molecular weight is 401 g/mol. The molecular weight excluding hydrogens is 380 g/mol. The molecule has 1 aromatic rings. The zero-order valence-electron chi connectivity index (χ0n) is 14.7. The van der Waals surface area contributed by atoms with Gasteiger partial charge >= 0.3 is 5.97 Å². The van der Waals surface area contributed by atoms with Crippen LogP contribution in [0.2, 0.25) is 5.02 Å². The lowest BCUT2D eigenvalue weighted by atomic mass is 10.1. The molecule has 7 nitrogen and oxygen atoms in total. The van der Waals surface area contributed by atoms with Crippen LogP contribution in [0.1, 0.15) is 20.3 Å². The maximum absolute atomic E-state index is 12.4. The number of carbonyl (C=O) groups excluding carboxylic acids is 3. The van der Waals surface area contributed by atoms with Crippen LogP contribution in [0.4, 0.5) is 5.00 Å². The van der Waals surface area contributed by atoms with Crippen LogP contribution >= 0.6 is 22.9 Å². The third-order valence-corrected chi connectivity index (χ3v) is 4.78. The third kappa shape index (κ3) is 5.55.